The van der Waals surface area contributed by atoms with E-state index in [0.717, 1.165) is 51.4 Å². The second-order valence-corrected chi connectivity index (χ2v) is 10.0. The number of ether oxygens (including phenoxy) is 3. The molecule has 4 rings (SSSR count). The maximum atomic E-state index is 12.6. The molecule has 3 aliphatic rings. The number of aromatic nitrogens is 1. The van der Waals surface area contributed by atoms with E-state index in [2.05, 4.69) is 11.1 Å². The molecule has 1 amide bonds. The third kappa shape index (κ3) is 5.48. The van der Waals surface area contributed by atoms with E-state index >= 15 is 0 Å². The van der Waals surface area contributed by atoms with Gasteiger partial charge in [-0.3, -0.25) is 0 Å². The summed E-state index contributed by atoms with van der Waals surface area (Å²) in [6.07, 6.45) is 9.67. The highest BCUT2D eigenvalue weighted by atomic mass is 16.6. The van der Waals surface area contributed by atoms with Gasteiger partial charge in [0.1, 0.15) is 11.7 Å². The van der Waals surface area contributed by atoms with Crippen LogP contribution in [0.15, 0.2) is 18.3 Å². The zero-order valence-electron chi connectivity index (χ0n) is 18.8. The van der Waals surface area contributed by atoms with Crippen LogP contribution in [0, 0.1) is 11.3 Å². The number of rotatable bonds is 4. The molecule has 2 saturated heterocycles. The number of hydrogen-bond acceptors (Lipinski definition) is 6. The fraction of sp³-hybridized carbons (Fsp3) is 0.708. The molecule has 0 radical (unpaired) electrons. The molecule has 1 saturated carbocycles. The summed E-state index contributed by atoms with van der Waals surface area (Å²) in [6, 6.07) is 5.95. The third-order valence-corrected chi connectivity index (χ3v) is 6.45. The van der Waals surface area contributed by atoms with Gasteiger partial charge in [0, 0.05) is 24.3 Å². The van der Waals surface area contributed by atoms with E-state index < -0.39 is 5.60 Å². The summed E-state index contributed by atoms with van der Waals surface area (Å²) in [7, 11) is 0. The fourth-order valence-electron chi connectivity index (χ4n) is 5.12. The van der Waals surface area contributed by atoms with Gasteiger partial charge in [-0.15, -0.1) is 0 Å². The van der Waals surface area contributed by atoms with E-state index in [-0.39, 0.29) is 36.5 Å². The molecule has 31 heavy (non-hydrogen) atoms. The van der Waals surface area contributed by atoms with Crippen molar-refractivity contribution in [1.29, 1.82) is 5.26 Å². The number of amides is 1. The Morgan fingerprint density at radius 1 is 1.06 bits per heavy atom. The highest BCUT2D eigenvalue weighted by Gasteiger charge is 2.45. The van der Waals surface area contributed by atoms with Crippen LogP contribution < -0.4 is 4.74 Å². The molecule has 3 heterocycles. The van der Waals surface area contributed by atoms with Crippen molar-refractivity contribution in [2.75, 3.05) is 0 Å². The van der Waals surface area contributed by atoms with Crippen molar-refractivity contribution < 1.29 is 19.0 Å². The molecular formula is C24H33N3O4. The van der Waals surface area contributed by atoms with Crippen molar-refractivity contribution in [3.05, 3.63) is 23.9 Å². The Bertz CT molecular complexity index is 809. The van der Waals surface area contributed by atoms with Gasteiger partial charge in [-0.25, -0.2) is 9.78 Å². The van der Waals surface area contributed by atoms with Crippen LogP contribution in [0.1, 0.15) is 77.7 Å². The van der Waals surface area contributed by atoms with Gasteiger partial charge in [0.05, 0.1) is 23.8 Å². The maximum absolute atomic E-state index is 12.6. The molecule has 1 aromatic heterocycles. The van der Waals surface area contributed by atoms with Crippen LogP contribution in [0.4, 0.5) is 4.79 Å². The fourth-order valence-corrected chi connectivity index (χ4v) is 5.12. The van der Waals surface area contributed by atoms with Crippen LogP contribution in [-0.2, 0) is 9.47 Å². The van der Waals surface area contributed by atoms with Crippen LogP contribution in [0.5, 0.6) is 5.88 Å². The molecule has 0 aromatic carbocycles. The lowest BCUT2D eigenvalue weighted by atomic mass is 9.93. The van der Waals surface area contributed by atoms with Gasteiger partial charge in [-0.2, -0.15) is 5.26 Å². The van der Waals surface area contributed by atoms with Crippen molar-refractivity contribution >= 4 is 6.09 Å². The predicted octanol–water partition coefficient (Wildman–Crippen LogP) is 4.59. The summed E-state index contributed by atoms with van der Waals surface area (Å²) >= 11 is 0. The van der Waals surface area contributed by atoms with Crippen molar-refractivity contribution in [2.24, 2.45) is 0 Å². The van der Waals surface area contributed by atoms with Gasteiger partial charge < -0.3 is 19.1 Å². The van der Waals surface area contributed by atoms with E-state index in [0.29, 0.717) is 11.4 Å². The van der Waals surface area contributed by atoms with Crippen LogP contribution in [-0.4, -0.2) is 52.0 Å². The lowest BCUT2D eigenvalue weighted by molar-refractivity contribution is -0.0814. The molecule has 1 aromatic rings. The molecule has 2 aliphatic heterocycles. The van der Waals surface area contributed by atoms with E-state index in [1.54, 1.807) is 18.3 Å². The van der Waals surface area contributed by atoms with Crippen molar-refractivity contribution in [3.63, 3.8) is 0 Å². The van der Waals surface area contributed by atoms with Crippen LogP contribution >= 0.6 is 0 Å². The monoisotopic (exact) mass is 427 g/mol. The third-order valence-electron chi connectivity index (χ3n) is 6.45. The summed E-state index contributed by atoms with van der Waals surface area (Å²) in [5.41, 5.74) is 0.102. The number of piperidine rings is 1. The van der Waals surface area contributed by atoms with Gasteiger partial charge in [-0.1, -0.05) is 0 Å². The van der Waals surface area contributed by atoms with Gasteiger partial charge >= 0.3 is 6.09 Å². The van der Waals surface area contributed by atoms with Crippen LogP contribution in [0.3, 0.4) is 0 Å². The minimum atomic E-state index is -0.462. The standard InChI is InChI=1S/C24H33N3O4/c1-24(2,3)31-23(28)27-17-4-5-18(27)14-21(13-17)29-19-6-8-20(9-7-19)30-22-12-16(15-25)10-11-26-22/h10-12,17-21H,4-9,13-14H2,1-3H3/t17-,18-,19?,20?/m0/s1. The minimum absolute atomic E-state index is 0.117. The molecule has 7 nitrogen and oxygen atoms in total. The van der Waals surface area contributed by atoms with E-state index in [1.165, 1.54) is 0 Å². The molecule has 1 aliphatic carbocycles. The number of fused-ring (bicyclic) bond motifs is 2. The summed E-state index contributed by atoms with van der Waals surface area (Å²) in [4.78, 5) is 18.8. The molecule has 2 bridgehead atoms. The van der Waals surface area contributed by atoms with Crippen molar-refractivity contribution in [1.82, 2.24) is 9.88 Å². The summed E-state index contributed by atoms with van der Waals surface area (Å²) < 4.78 is 18.1. The zero-order chi connectivity index (χ0) is 22.0. The molecule has 0 unspecified atom stereocenters. The number of carbonyl (C=O) groups is 1. The Kier molecular flexibility index (Phi) is 6.38. The summed E-state index contributed by atoms with van der Waals surface area (Å²) in [6.45, 7) is 5.75. The minimum Gasteiger partial charge on any atom is -0.474 e. The molecular weight excluding hydrogens is 394 g/mol. The average molecular weight is 428 g/mol. The Labute approximate surface area is 184 Å². The van der Waals surface area contributed by atoms with E-state index in [9.17, 15) is 4.79 Å². The number of hydrogen-bond donors (Lipinski definition) is 0. The second kappa shape index (κ2) is 9.04. The molecule has 3 fully saturated rings. The molecule has 0 N–H and O–H groups in total. The molecule has 0 spiro atoms. The van der Waals surface area contributed by atoms with Crippen molar-refractivity contribution in [2.45, 2.75) is 108 Å². The SMILES string of the molecule is CC(C)(C)OC(=O)N1[C@H]2CC[C@H]1CC(OC1CCC(Oc3cc(C#N)ccn3)CC1)C2. The topological polar surface area (TPSA) is 84.7 Å². The predicted molar refractivity (Wildman–Crippen MR) is 115 cm³/mol. The lowest BCUT2D eigenvalue weighted by Crippen LogP contribution is -2.50. The highest BCUT2D eigenvalue weighted by Crippen LogP contribution is 2.39. The average Bonchev–Trinajstić information content (AvgIpc) is 2.99. The lowest BCUT2D eigenvalue weighted by Gasteiger charge is -2.41. The van der Waals surface area contributed by atoms with Gasteiger partial charge in [0.2, 0.25) is 5.88 Å². The zero-order valence-corrected chi connectivity index (χ0v) is 18.8. The Balaban J connectivity index is 1.24. The second-order valence-electron chi connectivity index (χ2n) is 10.0. The van der Waals surface area contributed by atoms with E-state index in [4.69, 9.17) is 19.5 Å². The number of nitriles is 1. The largest absolute Gasteiger partial charge is 0.474 e. The number of carbonyl (C=O) groups excluding carboxylic acids is 1. The van der Waals surface area contributed by atoms with Gasteiger partial charge in [0.25, 0.3) is 0 Å². The first-order valence-corrected chi connectivity index (χ1v) is 11.5. The molecule has 7 heteroatoms. The van der Waals surface area contributed by atoms with Gasteiger partial charge in [0.15, 0.2) is 0 Å². The Morgan fingerprint density at radius 2 is 1.71 bits per heavy atom. The summed E-state index contributed by atoms with van der Waals surface area (Å²) in [5.74, 6) is 0.523. The van der Waals surface area contributed by atoms with Crippen LogP contribution in [0.25, 0.3) is 0 Å². The first-order valence-electron chi connectivity index (χ1n) is 11.5. The Morgan fingerprint density at radius 3 is 2.32 bits per heavy atom. The normalized spacial score (nSPS) is 30.5. The number of pyridine rings is 1. The van der Waals surface area contributed by atoms with Crippen molar-refractivity contribution in [3.8, 4) is 11.9 Å². The summed E-state index contributed by atoms with van der Waals surface area (Å²) in [5, 5.41) is 9.02. The van der Waals surface area contributed by atoms with Crippen LogP contribution in [0.2, 0.25) is 0 Å². The first-order chi connectivity index (χ1) is 14.8. The quantitative estimate of drug-likeness (QED) is 0.699. The molecule has 168 valence electrons. The van der Waals surface area contributed by atoms with E-state index in [1.807, 2.05) is 25.7 Å². The first kappa shape index (κ1) is 21.9. The highest BCUT2D eigenvalue weighted by molar-refractivity contribution is 5.69. The number of nitrogens with zero attached hydrogens (tertiary/aromatic N) is 3. The molecule has 2 atom stereocenters. The Hall–Kier alpha value is -2.33. The van der Waals surface area contributed by atoms with Gasteiger partial charge in [-0.05, 0) is 78.2 Å². The maximum Gasteiger partial charge on any atom is 0.410 e. The smallest absolute Gasteiger partial charge is 0.410 e.